The summed E-state index contributed by atoms with van der Waals surface area (Å²) in [6.07, 6.45) is 3.95. The zero-order valence-corrected chi connectivity index (χ0v) is 11.8. The molecule has 2 amide bonds. The summed E-state index contributed by atoms with van der Waals surface area (Å²) in [6.45, 7) is 2.64. The van der Waals surface area contributed by atoms with Gasteiger partial charge in [-0.25, -0.2) is 0 Å². The quantitative estimate of drug-likeness (QED) is 0.809. The Balaban J connectivity index is 1.83. The van der Waals surface area contributed by atoms with Crippen LogP contribution in [0.4, 0.5) is 0 Å². The zero-order valence-electron chi connectivity index (χ0n) is 11.8. The van der Waals surface area contributed by atoms with Crippen molar-refractivity contribution in [2.75, 3.05) is 26.2 Å². The van der Waals surface area contributed by atoms with Crippen LogP contribution in [0.2, 0.25) is 0 Å². The summed E-state index contributed by atoms with van der Waals surface area (Å²) in [5, 5.41) is 2.43. The monoisotopic (exact) mass is 278 g/mol. The maximum atomic E-state index is 11.9. The molecule has 1 atom stereocenters. The molecular formula is C14H22N4O2. The number of likely N-dealkylation sites (tertiary alicyclic amines) is 1. The van der Waals surface area contributed by atoms with Crippen LogP contribution in [0.3, 0.4) is 0 Å². The normalized spacial score (nSPS) is 19.8. The summed E-state index contributed by atoms with van der Waals surface area (Å²) in [5.41, 5.74) is 6.16. The van der Waals surface area contributed by atoms with Crippen LogP contribution in [0.15, 0.2) is 18.3 Å². The van der Waals surface area contributed by atoms with Gasteiger partial charge in [-0.3, -0.25) is 19.8 Å². The van der Waals surface area contributed by atoms with Crippen LogP contribution >= 0.6 is 0 Å². The molecule has 1 saturated heterocycles. The lowest BCUT2D eigenvalue weighted by atomic mass is 9.98. The summed E-state index contributed by atoms with van der Waals surface area (Å²) in [6, 6.07) is 3.46. The molecule has 1 fully saturated rings. The number of carbonyl (C=O) groups is 2. The molecule has 1 aliphatic heterocycles. The number of aromatic nitrogens is 1. The number of nitrogens with two attached hydrogens (primary N) is 1. The number of amides is 2. The largest absolute Gasteiger partial charge is 0.347 e. The van der Waals surface area contributed by atoms with E-state index in [0.29, 0.717) is 18.2 Å². The maximum Gasteiger partial charge on any atom is 0.274 e. The Bertz CT molecular complexity index is 483. The van der Waals surface area contributed by atoms with Gasteiger partial charge in [-0.15, -0.1) is 0 Å². The van der Waals surface area contributed by atoms with Crippen LogP contribution in [-0.4, -0.2) is 47.5 Å². The van der Waals surface area contributed by atoms with E-state index >= 15 is 0 Å². The molecule has 1 aromatic rings. The lowest BCUT2D eigenvalue weighted by molar-refractivity contribution is -0.121. The fourth-order valence-electron chi connectivity index (χ4n) is 2.62. The summed E-state index contributed by atoms with van der Waals surface area (Å²) in [5.74, 6) is -0.149. The molecule has 0 aliphatic carbocycles. The Kier molecular flexibility index (Phi) is 4.92. The highest BCUT2D eigenvalue weighted by Crippen LogP contribution is 2.14. The first kappa shape index (κ1) is 14.7. The van der Waals surface area contributed by atoms with Gasteiger partial charge in [0.15, 0.2) is 0 Å². The van der Waals surface area contributed by atoms with Crippen LogP contribution in [0.5, 0.6) is 0 Å². The van der Waals surface area contributed by atoms with Crippen molar-refractivity contribution in [2.24, 2.45) is 18.7 Å². The fourth-order valence-corrected chi connectivity index (χ4v) is 2.62. The van der Waals surface area contributed by atoms with Crippen molar-refractivity contribution in [3.05, 3.63) is 24.0 Å². The lowest BCUT2D eigenvalue weighted by Crippen LogP contribution is -2.45. The molecule has 0 aromatic carbocycles. The average Bonchev–Trinajstić information content (AvgIpc) is 2.85. The van der Waals surface area contributed by atoms with Crippen molar-refractivity contribution < 1.29 is 9.59 Å². The van der Waals surface area contributed by atoms with Crippen molar-refractivity contribution in [1.82, 2.24) is 14.8 Å². The van der Waals surface area contributed by atoms with E-state index in [-0.39, 0.29) is 18.4 Å². The lowest BCUT2D eigenvalue weighted by Gasteiger charge is -2.31. The smallest absolute Gasteiger partial charge is 0.274 e. The topological polar surface area (TPSA) is 80.4 Å². The SMILES string of the molecule is Cn1cccc1C(=O)NC(=O)CN1CCCC(CN)C1. The Hall–Kier alpha value is -1.66. The standard InChI is InChI=1S/C14H22N4O2/c1-17-6-3-5-12(17)14(20)16-13(19)10-18-7-2-4-11(8-15)9-18/h3,5-6,11H,2,4,7-10,15H2,1H3,(H,16,19,20). The third-order valence-corrected chi connectivity index (χ3v) is 3.73. The maximum absolute atomic E-state index is 11.9. The van der Waals surface area contributed by atoms with Crippen LogP contribution < -0.4 is 11.1 Å². The second kappa shape index (κ2) is 6.67. The highest BCUT2D eigenvalue weighted by molar-refractivity contribution is 6.04. The van der Waals surface area contributed by atoms with Gasteiger partial charge < -0.3 is 10.3 Å². The molecule has 6 nitrogen and oxygen atoms in total. The van der Waals surface area contributed by atoms with Crippen LogP contribution in [0.1, 0.15) is 23.3 Å². The van der Waals surface area contributed by atoms with Gasteiger partial charge in [-0.1, -0.05) is 0 Å². The summed E-state index contributed by atoms with van der Waals surface area (Å²) in [4.78, 5) is 25.9. The number of imide groups is 1. The first-order chi connectivity index (χ1) is 9.60. The number of hydrogen-bond donors (Lipinski definition) is 2. The molecule has 110 valence electrons. The van der Waals surface area contributed by atoms with Gasteiger partial charge in [0.2, 0.25) is 5.91 Å². The molecule has 20 heavy (non-hydrogen) atoms. The van der Waals surface area contributed by atoms with Gasteiger partial charge in [0.25, 0.3) is 5.91 Å². The molecule has 0 bridgehead atoms. The molecule has 0 saturated carbocycles. The molecule has 0 spiro atoms. The van der Waals surface area contributed by atoms with E-state index in [1.807, 2.05) is 0 Å². The summed E-state index contributed by atoms with van der Waals surface area (Å²) >= 11 is 0. The Morgan fingerprint density at radius 3 is 2.95 bits per heavy atom. The van der Waals surface area contributed by atoms with Crippen molar-refractivity contribution in [1.29, 1.82) is 0 Å². The van der Waals surface area contributed by atoms with E-state index in [2.05, 4.69) is 10.2 Å². The van der Waals surface area contributed by atoms with Crippen molar-refractivity contribution in [2.45, 2.75) is 12.8 Å². The second-order valence-corrected chi connectivity index (χ2v) is 5.36. The van der Waals surface area contributed by atoms with Gasteiger partial charge in [-0.2, -0.15) is 0 Å². The van der Waals surface area contributed by atoms with Crippen LogP contribution in [0, 0.1) is 5.92 Å². The minimum absolute atomic E-state index is 0.256. The number of piperidine rings is 1. The molecule has 6 heteroatoms. The first-order valence-electron chi connectivity index (χ1n) is 6.98. The molecule has 2 heterocycles. The Morgan fingerprint density at radius 1 is 1.50 bits per heavy atom. The second-order valence-electron chi connectivity index (χ2n) is 5.36. The highest BCUT2D eigenvalue weighted by atomic mass is 16.2. The fraction of sp³-hybridized carbons (Fsp3) is 0.571. The minimum atomic E-state index is -0.352. The minimum Gasteiger partial charge on any atom is -0.347 e. The number of aryl methyl sites for hydroxylation is 1. The number of hydrogen-bond acceptors (Lipinski definition) is 4. The van der Waals surface area contributed by atoms with Crippen LogP contribution in [-0.2, 0) is 11.8 Å². The molecule has 2 rings (SSSR count). The zero-order chi connectivity index (χ0) is 14.5. The van der Waals surface area contributed by atoms with E-state index in [9.17, 15) is 9.59 Å². The van der Waals surface area contributed by atoms with E-state index < -0.39 is 0 Å². The number of carbonyl (C=O) groups excluding carboxylic acids is 2. The van der Waals surface area contributed by atoms with Gasteiger partial charge in [0, 0.05) is 19.8 Å². The van der Waals surface area contributed by atoms with Crippen molar-refractivity contribution >= 4 is 11.8 Å². The number of nitrogens with zero attached hydrogens (tertiary/aromatic N) is 2. The Labute approximate surface area is 118 Å². The Morgan fingerprint density at radius 2 is 2.30 bits per heavy atom. The van der Waals surface area contributed by atoms with E-state index in [1.54, 1.807) is 29.9 Å². The third kappa shape index (κ3) is 3.68. The van der Waals surface area contributed by atoms with Gasteiger partial charge in [0.1, 0.15) is 5.69 Å². The van der Waals surface area contributed by atoms with Crippen molar-refractivity contribution in [3.8, 4) is 0 Å². The summed E-state index contributed by atoms with van der Waals surface area (Å²) in [7, 11) is 1.77. The number of nitrogens with one attached hydrogen (secondary N) is 1. The van der Waals surface area contributed by atoms with Gasteiger partial charge in [0.05, 0.1) is 6.54 Å². The molecule has 1 aliphatic rings. The van der Waals surface area contributed by atoms with E-state index in [0.717, 1.165) is 25.9 Å². The van der Waals surface area contributed by atoms with Crippen LogP contribution in [0.25, 0.3) is 0 Å². The van der Waals surface area contributed by atoms with E-state index in [4.69, 9.17) is 5.73 Å². The molecule has 1 aromatic heterocycles. The van der Waals surface area contributed by atoms with Gasteiger partial charge in [-0.05, 0) is 44.0 Å². The van der Waals surface area contributed by atoms with E-state index in [1.165, 1.54) is 0 Å². The molecule has 0 radical (unpaired) electrons. The molecular weight excluding hydrogens is 256 g/mol. The number of rotatable bonds is 4. The first-order valence-corrected chi connectivity index (χ1v) is 6.98. The highest BCUT2D eigenvalue weighted by Gasteiger charge is 2.21. The van der Waals surface area contributed by atoms with Gasteiger partial charge >= 0.3 is 0 Å². The molecule has 3 N–H and O–H groups in total. The molecule has 1 unspecified atom stereocenters. The van der Waals surface area contributed by atoms with Crippen molar-refractivity contribution in [3.63, 3.8) is 0 Å². The summed E-state index contributed by atoms with van der Waals surface area (Å²) < 4.78 is 1.69. The predicted molar refractivity (Wildman–Crippen MR) is 76.1 cm³/mol. The predicted octanol–water partition coefficient (Wildman–Crippen LogP) is -0.0478. The third-order valence-electron chi connectivity index (χ3n) is 3.73. The average molecular weight is 278 g/mol.